The number of hydrogen-bond donors (Lipinski definition) is 0. The summed E-state index contributed by atoms with van der Waals surface area (Å²) in [6.45, 7) is 2.39. The number of allylic oxidation sites excluding steroid dienone is 5. The molecule has 1 aliphatic rings. The second-order valence-electron chi connectivity index (χ2n) is 3.04. The Kier molecular flexibility index (Phi) is 4.19. The molecule has 0 aromatic rings. The maximum atomic E-state index is 8.96. The molecular formula is C12H12N2O. The van der Waals surface area contributed by atoms with Crippen LogP contribution in [0.15, 0.2) is 35.1 Å². The van der Waals surface area contributed by atoms with E-state index >= 15 is 0 Å². The lowest BCUT2D eigenvalue weighted by Gasteiger charge is -2.08. The number of ether oxygens (including phenoxy) is 1. The number of nitrogens with zero attached hydrogens (tertiary/aromatic N) is 2. The fourth-order valence-electron chi connectivity index (χ4n) is 1.31. The van der Waals surface area contributed by atoms with Gasteiger partial charge in [0.25, 0.3) is 0 Å². The van der Waals surface area contributed by atoms with Crippen LogP contribution < -0.4 is 0 Å². The van der Waals surface area contributed by atoms with E-state index in [9.17, 15) is 0 Å². The molecule has 3 nitrogen and oxygen atoms in total. The Hall–Kier alpha value is -2.00. The van der Waals surface area contributed by atoms with Crippen LogP contribution >= 0.6 is 0 Å². The van der Waals surface area contributed by atoms with E-state index in [4.69, 9.17) is 15.3 Å². The van der Waals surface area contributed by atoms with Crippen molar-refractivity contribution in [2.75, 3.05) is 6.61 Å². The van der Waals surface area contributed by atoms with Gasteiger partial charge in [-0.1, -0.05) is 12.2 Å². The first-order valence-corrected chi connectivity index (χ1v) is 4.83. The van der Waals surface area contributed by atoms with Gasteiger partial charge in [-0.3, -0.25) is 0 Å². The molecule has 0 aliphatic heterocycles. The second-order valence-corrected chi connectivity index (χ2v) is 3.04. The molecule has 0 N–H and O–H groups in total. The Balaban J connectivity index is 3.04. The lowest BCUT2D eigenvalue weighted by Crippen LogP contribution is -1.97. The van der Waals surface area contributed by atoms with Crippen molar-refractivity contribution in [2.24, 2.45) is 0 Å². The predicted octanol–water partition coefficient (Wildman–Crippen LogP) is 2.60. The molecule has 0 aromatic heterocycles. The van der Waals surface area contributed by atoms with Gasteiger partial charge in [-0.25, -0.2) is 0 Å². The highest BCUT2D eigenvalue weighted by atomic mass is 16.5. The van der Waals surface area contributed by atoms with E-state index in [-0.39, 0.29) is 0 Å². The maximum absolute atomic E-state index is 8.96. The van der Waals surface area contributed by atoms with Gasteiger partial charge in [0.1, 0.15) is 5.76 Å². The Morgan fingerprint density at radius 1 is 1.40 bits per heavy atom. The van der Waals surface area contributed by atoms with E-state index in [1.165, 1.54) is 0 Å². The standard InChI is InChI=1S/C12H12N2O/c1-2-15-12-6-4-3-5-10(8-13)7-11(12)9-14/h4-6H,2-3,7H2,1H3/b6-4?,10-5+,12-11-. The summed E-state index contributed by atoms with van der Waals surface area (Å²) in [5.74, 6) is 0.584. The van der Waals surface area contributed by atoms with E-state index in [2.05, 4.69) is 12.1 Å². The summed E-state index contributed by atoms with van der Waals surface area (Å²) < 4.78 is 5.35. The van der Waals surface area contributed by atoms with Gasteiger partial charge in [0.15, 0.2) is 0 Å². The van der Waals surface area contributed by atoms with Crippen LogP contribution in [0.1, 0.15) is 19.8 Å². The van der Waals surface area contributed by atoms with Gasteiger partial charge < -0.3 is 4.74 Å². The van der Waals surface area contributed by atoms with Crippen molar-refractivity contribution in [3.8, 4) is 12.1 Å². The van der Waals surface area contributed by atoms with E-state index in [1.54, 1.807) is 6.08 Å². The maximum Gasteiger partial charge on any atom is 0.132 e. The molecule has 1 aliphatic carbocycles. The van der Waals surface area contributed by atoms with Gasteiger partial charge >= 0.3 is 0 Å². The quantitative estimate of drug-likeness (QED) is 0.688. The van der Waals surface area contributed by atoms with Crippen LogP contribution in [0.4, 0.5) is 0 Å². The first-order valence-electron chi connectivity index (χ1n) is 4.83. The minimum absolute atomic E-state index is 0.368. The summed E-state index contributed by atoms with van der Waals surface area (Å²) in [7, 11) is 0. The van der Waals surface area contributed by atoms with Crippen molar-refractivity contribution in [2.45, 2.75) is 19.8 Å². The summed E-state index contributed by atoms with van der Waals surface area (Å²) >= 11 is 0. The van der Waals surface area contributed by atoms with Crippen LogP contribution in [0.25, 0.3) is 0 Å². The molecule has 76 valence electrons. The van der Waals surface area contributed by atoms with Crippen molar-refractivity contribution in [3.05, 3.63) is 35.1 Å². The molecule has 0 aromatic carbocycles. The fraction of sp³-hybridized carbons (Fsp3) is 0.333. The minimum atomic E-state index is 0.368. The second kappa shape index (κ2) is 5.67. The normalized spacial score (nSPS) is 24.1. The fourth-order valence-corrected chi connectivity index (χ4v) is 1.31. The predicted molar refractivity (Wildman–Crippen MR) is 56.3 cm³/mol. The Morgan fingerprint density at radius 2 is 2.20 bits per heavy atom. The molecule has 0 amide bonds. The third-order valence-corrected chi connectivity index (χ3v) is 2.01. The topological polar surface area (TPSA) is 56.8 Å². The number of hydrogen-bond acceptors (Lipinski definition) is 3. The Morgan fingerprint density at radius 3 is 2.80 bits per heavy atom. The minimum Gasteiger partial charge on any atom is -0.493 e. The number of nitriles is 2. The molecule has 0 heterocycles. The molecule has 0 spiro atoms. The molecule has 0 bridgehead atoms. The summed E-state index contributed by atoms with van der Waals surface area (Å²) in [6.07, 6.45) is 6.59. The third-order valence-electron chi connectivity index (χ3n) is 2.01. The van der Waals surface area contributed by atoms with Crippen LogP contribution in [0.3, 0.4) is 0 Å². The van der Waals surface area contributed by atoms with Crippen molar-refractivity contribution >= 4 is 0 Å². The summed E-state index contributed by atoms with van der Waals surface area (Å²) in [5, 5.41) is 17.8. The average Bonchev–Trinajstić information content (AvgIpc) is 2.23. The molecule has 0 unspecified atom stereocenters. The molecule has 0 atom stereocenters. The van der Waals surface area contributed by atoms with Crippen molar-refractivity contribution in [1.82, 2.24) is 0 Å². The summed E-state index contributed by atoms with van der Waals surface area (Å²) in [5.41, 5.74) is 1.13. The van der Waals surface area contributed by atoms with Crippen molar-refractivity contribution in [1.29, 1.82) is 10.5 Å². The average molecular weight is 200 g/mol. The smallest absolute Gasteiger partial charge is 0.132 e. The van der Waals surface area contributed by atoms with Gasteiger partial charge in [-0.2, -0.15) is 10.5 Å². The third kappa shape index (κ3) is 3.00. The van der Waals surface area contributed by atoms with Gasteiger partial charge in [-0.05, 0) is 19.4 Å². The van der Waals surface area contributed by atoms with Gasteiger partial charge in [0, 0.05) is 12.0 Å². The molecule has 1 rings (SSSR count). The molecule has 0 saturated heterocycles. The van der Waals surface area contributed by atoms with E-state index in [0.717, 1.165) is 0 Å². The largest absolute Gasteiger partial charge is 0.493 e. The lowest BCUT2D eigenvalue weighted by atomic mass is 10.0. The zero-order valence-corrected chi connectivity index (χ0v) is 8.66. The summed E-state index contributed by atoms with van der Waals surface area (Å²) in [4.78, 5) is 0. The molecule has 0 radical (unpaired) electrons. The zero-order chi connectivity index (χ0) is 11.1. The zero-order valence-electron chi connectivity index (χ0n) is 8.66. The molecule has 0 saturated carbocycles. The monoisotopic (exact) mass is 200 g/mol. The van der Waals surface area contributed by atoms with E-state index in [0.29, 0.717) is 36.4 Å². The first kappa shape index (κ1) is 11.1. The highest BCUT2D eigenvalue weighted by Gasteiger charge is 2.09. The summed E-state index contributed by atoms with van der Waals surface area (Å²) in [6, 6.07) is 4.17. The van der Waals surface area contributed by atoms with Crippen molar-refractivity contribution in [3.63, 3.8) is 0 Å². The highest BCUT2D eigenvalue weighted by Crippen LogP contribution is 2.19. The SMILES string of the molecule is CCO/C1=C(\C#N)C/C(C#N)=C\CC=C1. The molecule has 3 heteroatoms. The van der Waals surface area contributed by atoms with Gasteiger partial charge in [0.2, 0.25) is 0 Å². The van der Waals surface area contributed by atoms with E-state index < -0.39 is 0 Å². The Labute approximate surface area is 89.6 Å². The lowest BCUT2D eigenvalue weighted by molar-refractivity contribution is 0.239. The highest BCUT2D eigenvalue weighted by molar-refractivity contribution is 5.40. The molecule has 15 heavy (non-hydrogen) atoms. The van der Waals surface area contributed by atoms with Gasteiger partial charge in [-0.15, -0.1) is 0 Å². The first-order chi connectivity index (χ1) is 7.31. The molecular weight excluding hydrogens is 188 g/mol. The Bertz CT molecular complexity index is 402. The van der Waals surface area contributed by atoms with Crippen LogP contribution in [0.2, 0.25) is 0 Å². The van der Waals surface area contributed by atoms with E-state index in [1.807, 2.05) is 19.1 Å². The molecule has 0 fully saturated rings. The number of rotatable bonds is 2. The van der Waals surface area contributed by atoms with Crippen LogP contribution in [0.5, 0.6) is 0 Å². The van der Waals surface area contributed by atoms with Crippen LogP contribution in [-0.2, 0) is 4.74 Å². The van der Waals surface area contributed by atoms with Crippen LogP contribution in [0, 0.1) is 22.7 Å². The van der Waals surface area contributed by atoms with Crippen LogP contribution in [-0.4, -0.2) is 6.61 Å². The van der Waals surface area contributed by atoms with Gasteiger partial charge in [0.05, 0.1) is 24.3 Å². The van der Waals surface area contributed by atoms with Crippen molar-refractivity contribution < 1.29 is 4.74 Å².